The van der Waals surface area contributed by atoms with Crippen LogP contribution in [0.3, 0.4) is 0 Å². The Morgan fingerprint density at radius 3 is 2.20 bits per heavy atom. The Hall–Kier alpha value is -0.670. The third-order valence-corrected chi connectivity index (χ3v) is 4.80. The molecule has 0 aromatic heterocycles. The van der Waals surface area contributed by atoms with Crippen LogP contribution in [0.2, 0.25) is 0 Å². The molecule has 1 rings (SSSR count). The van der Waals surface area contributed by atoms with Gasteiger partial charge in [0.25, 0.3) is 0 Å². The van der Waals surface area contributed by atoms with Crippen LogP contribution in [0.4, 0.5) is 0 Å². The van der Waals surface area contributed by atoms with Crippen LogP contribution in [0.25, 0.3) is 0 Å². The Bertz CT molecular complexity index is 436. The standard InChI is InChI=1S/C17H26BrNO/c1-5-17(6-2,19(7-3)8-4)16(20)13-14-10-9-11-15(18)12-14/h9-12H,5-8,13H2,1-4H3. The lowest BCUT2D eigenvalue weighted by Crippen LogP contribution is -2.54. The van der Waals surface area contributed by atoms with Crippen LogP contribution >= 0.6 is 15.9 Å². The smallest absolute Gasteiger partial charge is 0.157 e. The molecule has 3 heteroatoms. The molecule has 0 N–H and O–H groups in total. The van der Waals surface area contributed by atoms with E-state index in [-0.39, 0.29) is 5.54 Å². The highest BCUT2D eigenvalue weighted by Crippen LogP contribution is 2.27. The SMILES string of the molecule is CCN(CC)C(CC)(CC)C(=O)Cc1cccc(Br)c1. The molecular formula is C17H26BrNO. The molecule has 2 nitrogen and oxygen atoms in total. The molecule has 1 aromatic rings. The Balaban J connectivity index is 3.00. The number of hydrogen-bond acceptors (Lipinski definition) is 2. The number of carbonyl (C=O) groups excluding carboxylic acids is 1. The number of carbonyl (C=O) groups is 1. The van der Waals surface area contributed by atoms with E-state index in [1.807, 2.05) is 24.3 Å². The monoisotopic (exact) mass is 339 g/mol. The van der Waals surface area contributed by atoms with E-state index in [1.165, 1.54) is 0 Å². The summed E-state index contributed by atoms with van der Waals surface area (Å²) in [5, 5.41) is 0. The minimum absolute atomic E-state index is 0.314. The molecule has 0 amide bonds. The third kappa shape index (κ3) is 3.70. The van der Waals surface area contributed by atoms with Crippen LogP contribution in [0.5, 0.6) is 0 Å². The number of benzene rings is 1. The van der Waals surface area contributed by atoms with Crippen molar-refractivity contribution in [1.29, 1.82) is 0 Å². The van der Waals surface area contributed by atoms with E-state index in [0.29, 0.717) is 12.2 Å². The van der Waals surface area contributed by atoms with E-state index in [0.717, 1.165) is 36.0 Å². The molecule has 0 heterocycles. The first-order valence-electron chi connectivity index (χ1n) is 7.56. The fourth-order valence-corrected chi connectivity index (χ4v) is 3.54. The Kier molecular flexibility index (Phi) is 6.90. The molecule has 0 fully saturated rings. The van der Waals surface area contributed by atoms with Gasteiger partial charge in [0.15, 0.2) is 5.78 Å². The van der Waals surface area contributed by atoms with Crippen molar-refractivity contribution in [2.24, 2.45) is 0 Å². The zero-order valence-electron chi connectivity index (χ0n) is 13.1. The maximum absolute atomic E-state index is 12.9. The summed E-state index contributed by atoms with van der Waals surface area (Å²) in [5.41, 5.74) is 0.772. The average Bonchev–Trinajstić information content (AvgIpc) is 2.44. The number of hydrogen-bond donors (Lipinski definition) is 0. The Morgan fingerprint density at radius 1 is 1.15 bits per heavy atom. The minimum Gasteiger partial charge on any atom is -0.297 e. The third-order valence-electron chi connectivity index (χ3n) is 4.31. The van der Waals surface area contributed by atoms with Crippen molar-refractivity contribution in [2.75, 3.05) is 13.1 Å². The Morgan fingerprint density at radius 2 is 1.75 bits per heavy atom. The van der Waals surface area contributed by atoms with E-state index in [9.17, 15) is 4.79 Å². The van der Waals surface area contributed by atoms with Gasteiger partial charge in [-0.2, -0.15) is 0 Å². The van der Waals surface area contributed by atoms with Gasteiger partial charge in [0.05, 0.1) is 5.54 Å². The quantitative estimate of drug-likeness (QED) is 0.696. The van der Waals surface area contributed by atoms with Crippen LogP contribution in [0, 0.1) is 0 Å². The van der Waals surface area contributed by atoms with Gasteiger partial charge < -0.3 is 0 Å². The van der Waals surface area contributed by atoms with Crippen molar-refractivity contribution in [3.05, 3.63) is 34.3 Å². The summed E-state index contributed by atoms with van der Waals surface area (Å²) in [6.07, 6.45) is 2.26. The molecule has 0 atom stereocenters. The number of nitrogens with zero attached hydrogens (tertiary/aromatic N) is 1. The normalized spacial score (nSPS) is 11.9. The maximum atomic E-state index is 12.9. The van der Waals surface area contributed by atoms with Crippen LogP contribution in [-0.4, -0.2) is 29.3 Å². The van der Waals surface area contributed by atoms with Gasteiger partial charge >= 0.3 is 0 Å². The molecule has 20 heavy (non-hydrogen) atoms. The van der Waals surface area contributed by atoms with Crippen molar-refractivity contribution in [3.8, 4) is 0 Å². The summed E-state index contributed by atoms with van der Waals surface area (Å²) < 4.78 is 1.03. The summed E-state index contributed by atoms with van der Waals surface area (Å²) in [5.74, 6) is 0.337. The lowest BCUT2D eigenvalue weighted by atomic mass is 9.83. The molecule has 0 aliphatic heterocycles. The molecule has 0 aliphatic rings. The topological polar surface area (TPSA) is 20.3 Å². The van der Waals surface area contributed by atoms with Gasteiger partial charge in [0.2, 0.25) is 0 Å². The predicted molar refractivity (Wildman–Crippen MR) is 89.1 cm³/mol. The first-order chi connectivity index (χ1) is 9.53. The second-order valence-electron chi connectivity index (χ2n) is 5.14. The highest BCUT2D eigenvalue weighted by molar-refractivity contribution is 9.10. The van der Waals surface area contributed by atoms with Gasteiger partial charge in [0, 0.05) is 10.9 Å². The van der Waals surface area contributed by atoms with Gasteiger partial charge in [0.1, 0.15) is 0 Å². The van der Waals surface area contributed by atoms with Crippen molar-refractivity contribution < 1.29 is 4.79 Å². The molecular weight excluding hydrogens is 314 g/mol. The van der Waals surface area contributed by atoms with E-state index in [1.54, 1.807) is 0 Å². The van der Waals surface area contributed by atoms with E-state index < -0.39 is 0 Å². The second-order valence-corrected chi connectivity index (χ2v) is 6.06. The van der Waals surface area contributed by atoms with Crippen LogP contribution < -0.4 is 0 Å². The summed E-state index contributed by atoms with van der Waals surface area (Å²) in [6, 6.07) is 8.05. The zero-order valence-corrected chi connectivity index (χ0v) is 14.7. The lowest BCUT2D eigenvalue weighted by molar-refractivity contribution is -0.131. The largest absolute Gasteiger partial charge is 0.297 e. The molecule has 0 saturated heterocycles. The zero-order chi connectivity index (χ0) is 15.2. The molecule has 0 saturated carbocycles. The fourth-order valence-electron chi connectivity index (χ4n) is 3.09. The van der Waals surface area contributed by atoms with Gasteiger partial charge in [-0.1, -0.05) is 55.8 Å². The summed E-state index contributed by atoms with van der Waals surface area (Å²) in [7, 11) is 0. The summed E-state index contributed by atoms with van der Waals surface area (Å²) >= 11 is 3.47. The summed E-state index contributed by atoms with van der Waals surface area (Å²) in [4.78, 5) is 15.2. The summed E-state index contributed by atoms with van der Waals surface area (Å²) in [6.45, 7) is 10.4. The van der Waals surface area contributed by atoms with E-state index >= 15 is 0 Å². The fraction of sp³-hybridized carbons (Fsp3) is 0.588. The number of halogens is 1. The van der Waals surface area contributed by atoms with Gasteiger partial charge in [-0.05, 0) is 43.6 Å². The average molecular weight is 340 g/mol. The molecule has 112 valence electrons. The molecule has 1 aromatic carbocycles. The van der Waals surface area contributed by atoms with Crippen molar-refractivity contribution in [1.82, 2.24) is 4.90 Å². The number of rotatable bonds is 8. The predicted octanol–water partition coefficient (Wildman–Crippen LogP) is 4.46. The number of Topliss-reactive ketones (excluding diaryl/α,β-unsaturated/α-hetero) is 1. The van der Waals surface area contributed by atoms with Gasteiger partial charge in [-0.25, -0.2) is 0 Å². The minimum atomic E-state index is -0.314. The highest BCUT2D eigenvalue weighted by atomic mass is 79.9. The molecule has 0 aliphatic carbocycles. The van der Waals surface area contributed by atoms with Crippen molar-refractivity contribution >= 4 is 21.7 Å². The maximum Gasteiger partial charge on any atom is 0.157 e. The molecule has 0 spiro atoms. The first-order valence-corrected chi connectivity index (χ1v) is 8.36. The molecule has 0 radical (unpaired) electrons. The first kappa shape index (κ1) is 17.4. The van der Waals surface area contributed by atoms with Crippen LogP contribution in [0.1, 0.15) is 46.1 Å². The van der Waals surface area contributed by atoms with Crippen molar-refractivity contribution in [2.45, 2.75) is 52.5 Å². The van der Waals surface area contributed by atoms with Gasteiger partial charge in [-0.15, -0.1) is 0 Å². The van der Waals surface area contributed by atoms with Crippen LogP contribution in [-0.2, 0) is 11.2 Å². The number of ketones is 1. The molecule has 0 bridgehead atoms. The molecule has 0 unspecified atom stereocenters. The lowest BCUT2D eigenvalue weighted by Gasteiger charge is -2.41. The Labute approximate surface area is 131 Å². The second kappa shape index (κ2) is 7.94. The van der Waals surface area contributed by atoms with Gasteiger partial charge in [-0.3, -0.25) is 9.69 Å². The number of likely N-dealkylation sites (N-methyl/N-ethyl adjacent to an activating group) is 1. The van der Waals surface area contributed by atoms with Crippen molar-refractivity contribution in [3.63, 3.8) is 0 Å². The highest BCUT2D eigenvalue weighted by Gasteiger charge is 2.38. The van der Waals surface area contributed by atoms with E-state index in [4.69, 9.17) is 0 Å². The van der Waals surface area contributed by atoms with E-state index in [2.05, 4.69) is 48.5 Å². The van der Waals surface area contributed by atoms with Crippen LogP contribution in [0.15, 0.2) is 28.7 Å².